The van der Waals surface area contributed by atoms with Crippen molar-refractivity contribution in [1.29, 1.82) is 0 Å². The highest BCUT2D eigenvalue weighted by atomic mass is 32.1. The van der Waals surface area contributed by atoms with Crippen LogP contribution in [0.2, 0.25) is 0 Å². The quantitative estimate of drug-likeness (QED) is 0.333. The summed E-state index contributed by atoms with van der Waals surface area (Å²) in [5.74, 6) is -2.02. The summed E-state index contributed by atoms with van der Waals surface area (Å²) in [6, 6.07) is 16.2. The van der Waals surface area contributed by atoms with Crippen molar-refractivity contribution in [3.8, 4) is 0 Å². The number of nitrogen functional groups attached to an aromatic ring is 1. The lowest BCUT2D eigenvalue weighted by atomic mass is 10.1. The zero-order chi connectivity index (χ0) is 25.8. The van der Waals surface area contributed by atoms with Crippen molar-refractivity contribution in [2.45, 2.75) is 19.5 Å². The van der Waals surface area contributed by atoms with E-state index in [1.165, 1.54) is 12.1 Å². The van der Waals surface area contributed by atoms with Crippen LogP contribution in [0.25, 0.3) is 0 Å². The molecular formula is C25H22FN5O4S. The number of primary amides is 1. The van der Waals surface area contributed by atoms with Crippen molar-refractivity contribution >= 4 is 40.6 Å². The SMILES string of the molecule is Cc1ccc([C@H](C(=O)NCc2ccccc2)N(C(=O)c2snc(C(N)=O)c2N)c2ccc(F)cc2)o1. The van der Waals surface area contributed by atoms with Crippen molar-refractivity contribution in [3.63, 3.8) is 0 Å². The Kier molecular flexibility index (Phi) is 7.11. The lowest BCUT2D eigenvalue weighted by Gasteiger charge is -2.29. The van der Waals surface area contributed by atoms with E-state index in [2.05, 4.69) is 9.69 Å². The third-order valence-corrected chi connectivity index (χ3v) is 6.18. The molecule has 2 aromatic heterocycles. The minimum absolute atomic E-state index is 0.0998. The number of carbonyl (C=O) groups excluding carboxylic acids is 3. The van der Waals surface area contributed by atoms with Gasteiger partial charge in [-0.15, -0.1) is 0 Å². The number of hydrogen-bond acceptors (Lipinski definition) is 7. The van der Waals surface area contributed by atoms with E-state index in [1.807, 2.05) is 30.3 Å². The van der Waals surface area contributed by atoms with Gasteiger partial charge in [0.1, 0.15) is 22.2 Å². The molecule has 0 aliphatic carbocycles. The number of nitrogens with zero attached hydrogens (tertiary/aromatic N) is 2. The van der Waals surface area contributed by atoms with Crippen molar-refractivity contribution in [2.75, 3.05) is 10.6 Å². The zero-order valence-corrected chi connectivity index (χ0v) is 19.9. The van der Waals surface area contributed by atoms with Gasteiger partial charge in [0.15, 0.2) is 11.7 Å². The van der Waals surface area contributed by atoms with E-state index >= 15 is 0 Å². The summed E-state index contributed by atoms with van der Waals surface area (Å²) in [5, 5.41) is 2.83. The second-order valence-electron chi connectivity index (χ2n) is 7.84. The molecule has 0 spiro atoms. The Morgan fingerprint density at radius 3 is 2.36 bits per heavy atom. The summed E-state index contributed by atoms with van der Waals surface area (Å²) in [5.41, 5.74) is 11.9. The van der Waals surface area contributed by atoms with Gasteiger partial charge in [0.2, 0.25) is 0 Å². The number of hydrogen-bond donors (Lipinski definition) is 3. The monoisotopic (exact) mass is 507 g/mol. The van der Waals surface area contributed by atoms with Gasteiger partial charge in [0.05, 0.1) is 5.69 Å². The lowest BCUT2D eigenvalue weighted by Crippen LogP contribution is -2.43. The average Bonchev–Trinajstić information content (AvgIpc) is 3.47. The fourth-order valence-electron chi connectivity index (χ4n) is 3.58. The van der Waals surface area contributed by atoms with E-state index in [4.69, 9.17) is 15.9 Å². The standard InChI is InChI=1S/C25H22FN5O4S/c1-14-7-12-18(35-14)21(24(33)29-13-15-5-3-2-4-6-15)31(17-10-8-16(26)9-11-17)25(34)22-19(27)20(23(28)32)30-36-22/h2-12,21H,13,27H2,1H3,(H2,28,32)(H,29,33)/t21-/m1/s1. The van der Waals surface area contributed by atoms with Gasteiger partial charge in [-0.3, -0.25) is 19.3 Å². The second kappa shape index (κ2) is 10.4. The number of aryl methyl sites for hydroxylation is 1. The molecule has 36 heavy (non-hydrogen) atoms. The fourth-order valence-corrected chi connectivity index (χ4v) is 4.32. The number of furan rings is 1. The normalized spacial score (nSPS) is 11.6. The van der Waals surface area contributed by atoms with Crippen LogP contribution in [0.15, 0.2) is 71.1 Å². The van der Waals surface area contributed by atoms with E-state index in [9.17, 15) is 18.8 Å². The largest absolute Gasteiger partial charge is 0.464 e. The van der Waals surface area contributed by atoms with Crippen molar-refractivity contribution in [3.05, 3.63) is 100 Å². The molecule has 1 atom stereocenters. The summed E-state index contributed by atoms with van der Waals surface area (Å²) < 4.78 is 23.4. The van der Waals surface area contributed by atoms with E-state index in [-0.39, 0.29) is 34.3 Å². The van der Waals surface area contributed by atoms with Crippen LogP contribution < -0.4 is 21.7 Å². The third kappa shape index (κ3) is 5.10. The first-order valence-electron chi connectivity index (χ1n) is 10.8. The number of nitrogens with two attached hydrogens (primary N) is 2. The number of nitrogens with one attached hydrogen (secondary N) is 1. The van der Waals surface area contributed by atoms with Crippen molar-refractivity contribution < 1.29 is 23.2 Å². The highest BCUT2D eigenvalue weighted by Crippen LogP contribution is 2.34. The maximum Gasteiger partial charge on any atom is 0.273 e. The molecule has 0 saturated carbocycles. The molecule has 11 heteroatoms. The van der Waals surface area contributed by atoms with Gasteiger partial charge in [-0.25, -0.2) is 4.39 Å². The molecule has 4 rings (SSSR count). The van der Waals surface area contributed by atoms with E-state index < -0.39 is 29.6 Å². The molecule has 0 radical (unpaired) electrons. The Balaban J connectivity index is 1.80. The smallest absolute Gasteiger partial charge is 0.273 e. The molecule has 9 nitrogen and oxygen atoms in total. The number of rotatable bonds is 8. The number of halogens is 1. The predicted molar refractivity (Wildman–Crippen MR) is 133 cm³/mol. The molecule has 0 aliphatic heterocycles. The second-order valence-corrected chi connectivity index (χ2v) is 8.62. The van der Waals surface area contributed by atoms with Gasteiger partial charge < -0.3 is 21.2 Å². The van der Waals surface area contributed by atoms with Crippen LogP contribution in [0, 0.1) is 12.7 Å². The topological polar surface area (TPSA) is 145 Å². The molecule has 2 aromatic carbocycles. The van der Waals surface area contributed by atoms with Gasteiger partial charge in [-0.05, 0) is 60.4 Å². The molecule has 3 amide bonds. The average molecular weight is 508 g/mol. The van der Waals surface area contributed by atoms with Crippen LogP contribution in [0.5, 0.6) is 0 Å². The molecule has 4 aromatic rings. The summed E-state index contributed by atoms with van der Waals surface area (Å²) in [4.78, 5) is 40.1. The zero-order valence-electron chi connectivity index (χ0n) is 19.1. The predicted octanol–water partition coefficient (Wildman–Crippen LogP) is 3.57. The van der Waals surface area contributed by atoms with E-state index in [0.29, 0.717) is 17.3 Å². The van der Waals surface area contributed by atoms with Gasteiger partial charge in [-0.1, -0.05) is 30.3 Å². The van der Waals surface area contributed by atoms with Crippen LogP contribution >= 0.6 is 11.5 Å². The minimum Gasteiger partial charge on any atom is -0.464 e. The number of carbonyl (C=O) groups is 3. The van der Waals surface area contributed by atoms with E-state index in [1.54, 1.807) is 19.1 Å². The molecule has 0 unspecified atom stereocenters. The van der Waals surface area contributed by atoms with Crippen LogP contribution in [0.3, 0.4) is 0 Å². The summed E-state index contributed by atoms with van der Waals surface area (Å²) >= 11 is 0.675. The first-order valence-corrected chi connectivity index (χ1v) is 11.6. The summed E-state index contributed by atoms with van der Waals surface area (Å²) in [7, 11) is 0. The van der Waals surface area contributed by atoms with Crippen LogP contribution in [-0.2, 0) is 11.3 Å². The molecule has 0 aliphatic rings. The van der Waals surface area contributed by atoms with Crippen molar-refractivity contribution in [2.24, 2.45) is 5.73 Å². The van der Waals surface area contributed by atoms with E-state index in [0.717, 1.165) is 22.6 Å². The summed E-state index contributed by atoms with van der Waals surface area (Å²) in [6.45, 7) is 1.89. The van der Waals surface area contributed by atoms with Gasteiger partial charge in [0, 0.05) is 12.2 Å². The van der Waals surface area contributed by atoms with Crippen LogP contribution in [0.4, 0.5) is 15.8 Å². The van der Waals surface area contributed by atoms with Crippen LogP contribution in [-0.4, -0.2) is 22.1 Å². The maximum absolute atomic E-state index is 13.8. The number of amides is 3. The Morgan fingerprint density at radius 1 is 1.08 bits per heavy atom. The minimum atomic E-state index is -1.29. The molecule has 2 heterocycles. The Morgan fingerprint density at radius 2 is 1.78 bits per heavy atom. The first-order chi connectivity index (χ1) is 17.3. The van der Waals surface area contributed by atoms with Gasteiger partial charge in [0.25, 0.3) is 17.7 Å². The Labute approximate surface area is 209 Å². The molecule has 5 N–H and O–H groups in total. The lowest BCUT2D eigenvalue weighted by molar-refractivity contribution is -0.123. The molecule has 0 fully saturated rings. The van der Waals surface area contributed by atoms with Gasteiger partial charge in [-0.2, -0.15) is 4.37 Å². The first kappa shape index (κ1) is 24.6. The molecule has 184 valence electrons. The Hall–Kier alpha value is -4.51. The highest BCUT2D eigenvalue weighted by molar-refractivity contribution is 7.09. The fraction of sp³-hybridized carbons (Fsp3) is 0.120. The third-order valence-electron chi connectivity index (χ3n) is 5.33. The van der Waals surface area contributed by atoms with Crippen molar-refractivity contribution in [1.82, 2.24) is 9.69 Å². The summed E-state index contributed by atoms with van der Waals surface area (Å²) in [6.07, 6.45) is 0. The number of anilines is 2. The Bertz CT molecular complexity index is 1400. The molecule has 0 saturated heterocycles. The van der Waals surface area contributed by atoms with Gasteiger partial charge >= 0.3 is 0 Å². The molecule has 0 bridgehead atoms. The molecular weight excluding hydrogens is 485 g/mol. The maximum atomic E-state index is 13.8. The number of benzene rings is 2. The highest BCUT2D eigenvalue weighted by Gasteiger charge is 2.37. The van der Waals surface area contributed by atoms with Crippen LogP contribution in [0.1, 0.15) is 43.3 Å². The number of aromatic nitrogens is 1.